The van der Waals surface area contributed by atoms with E-state index in [1.165, 1.54) is 18.9 Å². The smallest absolute Gasteiger partial charge is 0.243 e. The van der Waals surface area contributed by atoms with Gasteiger partial charge in [-0.25, -0.2) is 9.97 Å². The highest BCUT2D eigenvalue weighted by molar-refractivity contribution is 5.86. The highest BCUT2D eigenvalue weighted by Gasteiger charge is 2.26. The molecule has 78 valence electrons. The maximum Gasteiger partial charge on any atom is 0.243 e. The van der Waals surface area contributed by atoms with E-state index in [1.807, 2.05) is 6.07 Å². The Bertz CT molecular complexity index is 385. The van der Waals surface area contributed by atoms with Gasteiger partial charge in [0, 0.05) is 12.1 Å². The van der Waals surface area contributed by atoms with E-state index in [4.69, 9.17) is 0 Å². The molecule has 4 heteroatoms. The largest absolute Gasteiger partial charge is 0.347 e. The van der Waals surface area contributed by atoms with Crippen molar-refractivity contribution in [1.82, 2.24) is 15.3 Å². The van der Waals surface area contributed by atoms with Gasteiger partial charge in [0.05, 0.1) is 12.2 Å². The van der Waals surface area contributed by atoms with E-state index in [9.17, 15) is 4.79 Å². The Labute approximate surface area is 88.4 Å². The van der Waals surface area contributed by atoms with Crippen molar-refractivity contribution in [2.75, 3.05) is 0 Å². The average molecular weight is 203 g/mol. The van der Waals surface area contributed by atoms with E-state index < -0.39 is 0 Å². The van der Waals surface area contributed by atoms with Crippen molar-refractivity contribution in [3.63, 3.8) is 0 Å². The molecule has 1 N–H and O–H groups in total. The summed E-state index contributed by atoms with van der Waals surface area (Å²) in [5.41, 5.74) is 0.849. The Morgan fingerprint density at radius 2 is 2.47 bits per heavy atom. The predicted molar refractivity (Wildman–Crippen MR) is 56.1 cm³/mol. The van der Waals surface area contributed by atoms with Gasteiger partial charge in [-0.1, -0.05) is 6.58 Å². The van der Waals surface area contributed by atoms with Crippen LogP contribution in [-0.4, -0.2) is 15.9 Å². The lowest BCUT2D eigenvalue weighted by atomic mass is 10.3. The molecule has 1 amide bonds. The number of nitrogens with zero attached hydrogens (tertiary/aromatic N) is 2. The zero-order chi connectivity index (χ0) is 10.7. The second-order valence-corrected chi connectivity index (χ2v) is 3.60. The maximum atomic E-state index is 10.9. The molecule has 0 spiro atoms. The minimum Gasteiger partial charge on any atom is -0.347 e. The van der Waals surface area contributed by atoms with E-state index in [1.54, 1.807) is 6.20 Å². The number of carbonyl (C=O) groups is 1. The minimum absolute atomic E-state index is 0.179. The van der Waals surface area contributed by atoms with Gasteiger partial charge < -0.3 is 5.32 Å². The maximum absolute atomic E-state index is 10.9. The summed E-state index contributed by atoms with van der Waals surface area (Å²) in [4.78, 5) is 19.5. The Balaban J connectivity index is 1.98. The SMILES string of the molecule is C=CC(=O)NCc1ccnc(C2CC2)n1. The third-order valence-electron chi connectivity index (χ3n) is 2.30. The van der Waals surface area contributed by atoms with Crippen LogP contribution in [0, 0.1) is 0 Å². The van der Waals surface area contributed by atoms with Crippen LogP contribution in [0.2, 0.25) is 0 Å². The topological polar surface area (TPSA) is 54.9 Å². The first-order valence-corrected chi connectivity index (χ1v) is 5.01. The number of carbonyl (C=O) groups excluding carboxylic acids is 1. The molecule has 1 fully saturated rings. The number of aromatic nitrogens is 2. The molecule has 4 nitrogen and oxygen atoms in total. The highest BCUT2D eigenvalue weighted by atomic mass is 16.1. The first-order valence-electron chi connectivity index (χ1n) is 5.01. The van der Waals surface area contributed by atoms with Crippen molar-refractivity contribution in [1.29, 1.82) is 0 Å². The van der Waals surface area contributed by atoms with Crippen LogP contribution in [0.15, 0.2) is 24.9 Å². The summed E-state index contributed by atoms with van der Waals surface area (Å²) in [5.74, 6) is 1.27. The molecule has 0 aliphatic heterocycles. The molecular formula is C11H13N3O. The summed E-state index contributed by atoms with van der Waals surface area (Å²) < 4.78 is 0. The zero-order valence-electron chi connectivity index (χ0n) is 8.44. The zero-order valence-corrected chi connectivity index (χ0v) is 8.44. The lowest BCUT2D eigenvalue weighted by molar-refractivity contribution is -0.116. The van der Waals surface area contributed by atoms with Crippen LogP contribution in [0.25, 0.3) is 0 Å². The second-order valence-electron chi connectivity index (χ2n) is 3.60. The third kappa shape index (κ3) is 2.62. The number of rotatable bonds is 4. The lowest BCUT2D eigenvalue weighted by Crippen LogP contribution is -2.20. The normalized spacial score (nSPS) is 14.7. The standard InChI is InChI=1S/C11H13N3O/c1-2-10(15)13-7-9-5-6-12-11(14-9)8-3-4-8/h2,5-6,8H,1,3-4,7H2,(H,13,15). The number of hydrogen-bond acceptors (Lipinski definition) is 3. The second kappa shape index (κ2) is 4.21. The van der Waals surface area contributed by atoms with E-state index in [-0.39, 0.29) is 5.91 Å². The number of amides is 1. The number of nitrogens with one attached hydrogen (secondary N) is 1. The summed E-state index contributed by atoms with van der Waals surface area (Å²) >= 11 is 0. The van der Waals surface area contributed by atoms with Crippen molar-refractivity contribution >= 4 is 5.91 Å². The predicted octanol–water partition coefficient (Wildman–Crippen LogP) is 1.16. The van der Waals surface area contributed by atoms with E-state index >= 15 is 0 Å². The molecule has 0 aromatic carbocycles. The fourth-order valence-electron chi connectivity index (χ4n) is 1.30. The Morgan fingerprint density at radius 1 is 1.67 bits per heavy atom. The fraction of sp³-hybridized carbons (Fsp3) is 0.364. The molecule has 1 aromatic heterocycles. The van der Waals surface area contributed by atoms with Gasteiger partial charge in [-0.15, -0.1) is 0 Å². The monoisotopic (exact) mass is 203 g/mol. The minimum atomic E-state index is -0.179. The highest BCUT2D eigenvalue weighted by Crippen LogP contribution is 2.37. The summed E-state index contributed by atoms with van der Waals surface area (Å²) in [6.07, 6.45) is 5.37. The molecule has 1 aromatic rings. The Morgan fingerprint density at radius 3 is 3.13 bits per heavy atom. The summed E-state index contributed by atoms with van der Waals surface area (Å²) in [7, 11) is 0. The average Bonchev–Trinajstić information content (AvgIpc) is 3.10. The van der Waals surface area contributed by atoms with Crippen LogP contribution in [0.3, 0.4) is 0 Å². The first-order chi connectivity index (χ1) is 7.29. The van der Waals surface area contributed by atoms with Crippen molar-refractivity contribution in [2.45, 2.75) is 25.3 Å². The molecule has 0 atom stereocenters. The van der Waals surface area contributed by atoms with Crippen molar-refractivity contribution in [3.05, 3.63) is 36.4 Å². The van der Waals surface area contributed by atoms with Crippen molar-refractivity contribution in [3.8, 4) is 0 Å². The molecule has 1 aliphatic carbocycles. The summed E-state index contributed by atoms with van der Waals surface area (Å²) in [6, 6.07) is 1.81. The quantitative estimate of drug-likeness (QED) is 0.747. The molecule has 15 heavy (non-hydrogen) atoms. The van der Waals surface area contributed by atoms with E-state index in [0.29, 0.717) is 12.5 Å². The van der Waals surface area contributed by atoms with Gasteiger partial charge >= 0.3 is 0 Å². The Hall–Kier alpha value is -1.71. The van der Waals surface area contributed by atoms with Crippen LogP contribution in [0.4, 0.5) is 0 Å². The van der Waals surface area contributed by atoms with Crippen LogP contribution < -0.4 is 5.32 Å². The molecule has 1 heterocycles. The molecule has 0 bridgehead atoms. The van der Waals surface area contributed by atoms with Gasteiger partial charge in [0.2, 0.25) is 5.91 Å². The fourth-order valence-corrected chi connectivity index (χ4v) is 1.30. The van der Waals surface area contributed by atoms with Crippen LogP contribution in [-0.2, 0) is 11.3 Å². The van der Waals surface area contributed by atoms with Gasteiger partial charge in [-0.3, -0.25) is 4.79 Å². The Kier molecular flexibility index (Phi) is 2.76. The summed E-state index contributed by atoms with van der Waals surface area (Å²) in [5, 5.41) is 2.69. The lowest BCUT2D eigenvalue weighted by Gasteiger charge is -2.03. The van der Waals surface area contributed by atoms with Gasteiger partial charge in [-0.2, -0.15) is 0 Å². The van der Waals surface area contributed by atoms with Crippen LogP contribution >= 0.6 is 0 Å². The van der Waals surface area contributed by atoms with Crippen molar-refractivity contribution < 1.29 is 4.79 Å². The molecule has 0 unspecified atom stereocenters. The van der Waals surface area contributed by atoms with Gasteiger partial charge in [0.25, 0.3) is 0 Å². The molecule has 1 saturated carbocycles. The van der Waals surface area contributed by atoms with Crippen molar-refractivity contribution in [2.24, 2.45) is 0 Å². The van der Waals surface area contributed by atoms with Gasteiger partial charge in [0.1, 0.15) is 5.82 Å². The molecule has 2 rings (SSSR count). The molecule has 0 saturated heterocycles. The van der Waals surface area contributed by atoms with E-state index in [2.05, 4.69) is 21.9 Å². The molecule has 0 radical (unpaired) electrons. The first kappa shape index (κ1) is 9.83. The third-order valence-corrected chi connectivity index (χ3v) is 2.30. The summed E-state index contributed by atoms with van der Waals surface area (Å²) in [6.45, 7) is 3.82. The van der Waals surface area contributed by atoms with Gasteiger partial charge in [0.15, 0.2) is 0 Å². The van der Waals surface area contributed by atoms with Crippen LogP contribution in [0.1, 0.15) is 30.3 Å². The molecular weight excluding hydrogens is 190 g/mol. The van der Waals surface area contributed by atoms with Gasteiger partial charge in [-0.05, 0) is 25.0 Å². The van der Waals surface area contributed by atoms with E-state index in [0.717, 1.165) is 11.5 Å². The number of hydrogen-bond donors (Lipinski definition) is 1. The molecule has 1 aliphatic rings. The van der Waals surface area contributed by atoms with Crippen LogP contribution in [0.5, 0.6) is 0 Å².